The van der Waals surface area contributed by atoms with Crippen molar-refractivity contribution in [1.82, 2.24) is 0 Å². The summed E-state index contributed by atoms with van der Waals surface area (Å²) in [6.45, 7) is 7.96. The smallest absolute Gasteiger partial charge is 0.264 e. The molecule has 0 saturated carbocycles. The molecule has 0 aliphatic rings. The molecule has 0 amide bonds. The van der Waals surface area contributed by atoms with Crippen LogP contribution in [0.25, 0.3) is 0 Å². The third-order valence-electron chi connectivity index (χ3n) is 3.88. The van der Waals surface area contributed by atoms with Crippen LogP contribution < -0.4 is 0 Å². The average molecular weight is 294 g/mol. The van der Waals surface area contributed by atoms with Crippen LogP contribution in [0.3, 0.4) is 0 Å². The molecular weight excluding hydrogens is 264 g/mol. The minimum atomic E-state index is -4.39. The highest BCUT2D eigenvalue weighted by Gasteiger charge is 2.37. The van der Waals surface area contributed by atoms with Crippen molar-refractivity contribution in [1.29, 1.82) is 0 Å². The van der Waals surface area contributed by atoms with Crippen molar-refractivity contribution >= 4 is 10.4 Å². The summed E-state index contributed by atoms with van der Waals surface area (Å²) in [4.78, 5) is 0. The van der Waals surface area contributed by atoms with E-state index < -0.39 is 16.0 Å². The van der Waals surface area contributed by atoms with Gasteiger partial charge in [-0.05, 0) is 18.8 Å². The van der Waals surface area contributed by atoms with Gasteiger partial charge in [0.2, 0.25) is 0 Å². The molecule has 1 atom stereocenters. The Morgan fingerprint density at radius 1 is 1.05 bits per heavy atom. The molecule has 1 N–H and O–H groups in total. The molecule has 5 heteroatoms. The van der Waals surface area contributed by atoms with Crippen molar-refractivity contribution in [2.24, 2.45) is 5.92 Å². The SMILES string of the molecule is CCCCCCCCC(CC)(OS(=O)(=O)O)C(C)C. The van der Waals surface area contributed by atoms with Crippen molar-refractivity contribution in [3.05, 3.63) is 0 Å². The minimum absolute atomic E-state index is 0.0510. The maximum absolute atomic E-state index is 11.0. The Morgan fingerprint density at radius 2 is 1.58 bits per heavy atom. The largest absolute Gasteiger partial charge is 0.397 e. The van der Waals surface area contributed by atoms with Gasteiger partial charge in [-0.1, -0.05) is 66.2 Å². The molecule has 0 aliphatic heterocycles. The third-order valence-corrected chi connectivity index (χ3v) is 4.42. The van der Waals surface area contributed by atoms with E-state index >= 15 is 0 Å². The van der Waals surface area contributed by atoms with Gasteiger partial charge in [0.25, 0.3) is 0 Å². The van der Waals surface area contributed by atoms with Crippen molar-refractivity contribution in [2.75, 3.05) is 0 Å². The zero-order valence-electron chi connectivity index (χ0n) is 12.8. The van der Waals surface area contributed by atoms with E-state index in [2.05, 4.69) is 6.92 Å². The Kier molecular flexibility index (Phi) is 8.86. The van der Waals surface area contributed by atoms with E-state index in [1.54, 1.807) is 0 Å². The second kappa shape index (κ2) is 8.93. The van der Waals surface area contributed by atoms with Gasteiger partial charge in [-0.15, -0.1) is 0 Å². The normalized spacial score (nSPS) is 15.7. The number of unbranched alkanes of at least 4 members (excludes halogenated alkanes) is 5. The van der Waals surface area contributed by atoms with Gasteiger partial charge in [0, 0.05) is 0 Å². The molecule has 0 saturated heterocycles. The molecule has 19 heavy (non-hydrogen) atoms. The Labute approximate surface area is 118 Å². The van der Waals surface area contributed by atoms with Crippen LogP contribution in [0.5, 0.6) is 0 Å². The summed E-state index contributed by atoms with van der Waals surface area (Å²) in [5.74, 6) is 0.0510. The standard InChI is InChI=1S/C14H30O4S/c1-5-7-8-9-10-11-12-14(6-2,13(3)4)18-19(15,16)17/h13H,5-12H2,1-4H3,(H,15,16,17). The Bertz CT molecular complexity index is 324. The second-order valence-electron chi connectivity index (χ2n) is 5.60. The summed E-state index contributed by atoms with van der Waals surface area (Å²) in [5, 5.41) is 0. The van der Waals surface area contributed by atoms with E-state index in [1.165, 1.54) is 25.7 Å². The summed E-state index contributed by atoms with van der Waals surface area (Å²) in [6.07, 6.45) is 8.16. The highest BCUT2D eigenvalue weighted by molar-refractivity contribution is 7.80. The van der Waals surface area contributed by atoms with Crippen molar-refractivity contribution < 1.29 is 17.2 Å². The fourth-order valence-electron chi connectivity index (χ4n) is 2.48. The quantitative estimate of drug-likeness (QED) is 0.454. The molecule has 0 bridgehead atoms. The van der Waals surface area contributed by atoms with Crippen LogP contribution in [0.4, 0.5) is 0 Å². The highest BCUT2D eigenvalue weighted by Crippen LogP contribution is 2.33. The average Bonchev–Trinajstić information content (AvgIpc) is 2.30. The lowest BCUT2D eigenvalue weighted by Gasteiger charge is -2.34. The van der Waals surface area contributed by atoms with Gasteiger partial charge in [-0.2, -0.15) is 8.42 Å². The van der Waals surface area contributed by atoms with Gasteiger partial charge >= 0.3 is 10.4 Å². The van der Waals surface area contributed by atoms with Gasteiger partial charge in [0.05, 0.1) is 5.60 Å². The van der Waals surface area contributed by atoms with E-state index in [-0.39, 0.29) is 5.92 Å². The van der Waals surface area contributed by atoms with Gasteiger partial charge in [-0.3, -0.25) is 4.55 Å². The summed E-state index contributed by atoms with van der Waals surface area (Å²) < 4.78 is 36.0. The lowest BCUT2D eigenvalue weighted by molar-refractivity contribution is 0.00364. The van der Waals surface area contributed by atoms with Gasteiger partial charge in [0.1, 0.15) is 0 Å². The number of hydrogen-bond donors (Lipinski definition) is 1. The van der Waals surface area contributed by atoms with Crippen molar-refractivity contribution in [2.45, 2.75) is 84.7 Å². The Hall–Kier alpha value is -0.130. The molecule has 0 heterocycles. The topological polar surface area (TPSA) is 63.6 Å². The lowest BCUT2D eigenvalue weighted by Crippen LogP contribution is -2.39. The highest BCUT2D eigenvalue weighted by atomic mass is 32.3. The fraction of sp³-hybridized carbons (Fsp3) is 1.00. The summed E-state index contributed by atoms with van der Waals surface area (Å²) in [6, 6.07) is 0. The zero-order chi connectivity index (χ0) is 14.9. The van der Waals surface area contributed by atoms with Crippen LogP contribution in [0, 0.1) is 5.92 Å². The van der Waals surface area contributed by atoms with Crippen LogP contribution in [0.1, 0.15) is 79.1 Å². The molecule has 1 unspecified atom stereocenters. The molecule has 0 aromatic heterocycles. The monoisotopic (exact) mass is 294 g/mol. The number of hydrogen-bond acceptors (Lipinski definition) is 3. The molecular formula is C14H30O4S. The summed E-state index contributed by atoms with van der Waals surface area (Å²) in [7, 11) is -4.39. The van der Waals surface area contributed by atoms with Gasteiger partial charge in [0.15, 0.2) is 0 Å². The summed E-state index contributed by atoms with van der Waals surface area (Å²) >= 11 is 0. The predicted octanol–water partition coefficient (Wildman–Crippen LogP) is 4.36. The molecule has 0 rings (SSSR count). The molecule has 0 aliphatic carbocycles. The Balaban J connectivity index is 4.36. The maximum Gasteiger partial charge on any atom is 0.397 e. The first-order chi connectivity index (χ1) is 8.77. The van der Waals surface area contributed by atoms with Crippen LogP contribution in [0.15, 0.2) is 0 Å². The van der Waals surface area contributed by atoms with Crippen molar-refractivity contribution in [3.63, 3.8) is 0 Å². The van der Waals surface area contributed by atoms with Crippen LogP contribution in [0.2, 0.25) is 0 Å². The first-order valence-corrected chi connectivity index (χ1v) is 8.82. The molecule has 0 aromatic rings. The predicted molar refractivity (Wildman–Crippen MR) is 78.5 cm³/mol. The first-order valence-electron chi connectivity index (χ1n) is 7.45. The number of rotatable bonds is 11. The van der Waals surface area contributed by atoms with Crippen LogP contribution in [-0.2, 0) is 14.6 Å². The first kappa shape index (κ1) is 18.9. The zero-order valence-corrected chi connectivity index (χ0v) is 13.6. The third kappa shape index (κ3) is 7.90. The van der Waals surface area contributed by atoms with Crippen LogP contribution in [-0.4, -0.2) is 18.6 Å². The molecule has 0 fully saturated rings. The molecule has 4 nitrogen and oxygen atoms in total. The van der Waals surface area contributed by atoms with E-state index in [1.807, 2.05) is 20.8 Å². The van der Waals surface area contributed by atoms with Gasteiger partial charge in [-0.25, -0.2) is 4.18 Å². The minimum Gasteiger partial charge on any atom is -0.264 e. The molecule has 116 valence electrons. The Morgan fingerprint density at radius 3 is 2.00 bits per heavy atom. The van der Waals surface area contributed by atoms with E-state index in [0.717, 1.165) is 12.8 Å². The molecule has 0 radical (unpaired) electrons. The maximum atomic E-state index is 11.0. The van der Waals surface area contributed by atoms with Crippen LogP contribution >= 0.6 is 0 Å². The lowest BCUT2D eigenvalue weighted by atomic mass is 9.83. The fourth-order valence-corrected chi connectivity index (χ4v) is 3.30. The van der Waals surface area contributed by atoms with E-state index in [4.69, 9.17) is 8.74 Å². The summed E-state index contributed by atoms with van der Waals surface area (Å²) in [5.41, 5.74) is -0.766. The molecule has 0 aromatic carbocycles. The van der Waals surface area contributed by atoms with Crippen molar-refractivity contribution in [3.8, 4) is 0 Å². The van der Waals surface area contributed by atoms with Gasteiger partial charge < -0.3 is 0 Å². The molecule has 0 spiro atoms. The van der Waals surface area contributed by atoms with E-state index in [9.17, 15) is 8.42 Å². The van der Waals surface area contributed by atoms with E-state index in [0.29, 0.717) is 12.8 Å². The second-order valence-corrected chi connectivity index (χ2v) is 6.62.